The van der Waals surface area contributed by atoms with Gasteiger partial charge in [-0.3, -0.25) is 0 Å². The predicted octanol–water partition coefficient (Wildman–Crippen LogP) is 1.61. The summed E-state index contributed by atoms with van der Waals surface area (Å²) in [6.45, 7) is 1.65. The maximum absolute atomic E-state index is 12.6. The highest BCUT2D eigenvalue weighted by molar-refractivity contribution is 7.89. The van der Waals surface area contributed by atoms with Crippen LogP contribution < -0.4 is 5.32 Å². The summed E-state index contributed by atoms with van der Waals surface area (Å²) in [5.74, 6) is 0. The largest absolute Gasteiger partial charge is 0.316 e. The second-order valence-corrected chi connectivity index (χ2v) is 7.88. The predicted molar refractivity (Wildman–Crippen MR) is 82.6 cm³/mol. The molecule has 0 radical (unpaired) electrons. The Bertz CT molecular complexity index is 723. The first-order valence-corrected chi connectivity index (χ1v) is 9.08. The standard InChI is InChI=1S/C14H17N3O2S2/c1-15-8-11-2-3-14(16-9-11)21(18,19)17-6-4-13-12(10-17)5-7-20-13/h2-3,5,7,9,15H,4,6,8,10H2,1H3. The first-order valence-electron chi connectivity index (χ1n) is 6.76. The fourth-order valence-electron chi connectivity index (χ4n) is 2.43. The van der Waals surface area contributed by atoms with Crippen LogP contribution in [0.1, 0.15) is 16.0 Å². The minimum absolute atomic E-state index is 0.126. The molecule has 1 aliphatic rings. The molecule has 7 heteroatoms. The zero-order valence-electron chi connectivity index (χ0n) is 11.7. The first kappa shape index (κ1) is 14.6. The second kappa shape index (κ2) is 5.84. The molecule has 3 rings (SSSR count). The van der Waals surface area contributed by atoms with Gasteiger partial charge in [-0.25, -0.2) is 13.4 Å². The Labute approximate surface area is 128 Å². The fourth-order valence-corrected chi connectivity index (χ4v) is 4.65. The molecule has 0 aliphatic carbocycles. The summed E-state index contributed by atoms with van der Waals surface area (Å²) < 4.78 is 26.8. The number of thiophene rings is 1. The van der Waals surface area contributed by atoms with Crippen LogP contribution in [-0.2, 0) is 29.5 Å². The van der Waals surface area contributed by atoms with Crippen molar-refractivity contribution in [2.45, 2.75) is 24.5 Å². The molecule has 0 aromatic carbocycles. The van der Waals surface area contributed by atoms with Crippen LogP contribution >= 0.6 is 11.3 Å². The van der Waals surface area contributed by atoms with Gasteiger partial charge in [0.2, 0.25) is 0 Å². The molecule has 0 saturated carbocycles. The van der Waals surface area contributed by atoms with Crippen LogP contribution in [0.2, 0.25) is 0 Å². The van der Waals surface area contributed by atoms with Crippen LogP contribution in [0.5, 0.6) is 0 Å². The lowest BCUT2D eigenvalue weighted by molar-refractivity contribution is 0.392. The van der Waals surface area contributed by atoms with E-state index in [1.54, 1.807) is 29.7 Å². The van der Waals surface area contributed by atoms with E-state index in [0.717, 1.165) is 17.5 Å². The van der Waals surface area contributed by atoms with Gasteiger partial charge in [0.1, 0.15) is 0 Å². The third-order valence-corrected chi connectivity index (χ3v) is 6.34. The van der Waals surface area contributed by atoms with Crippen molar-refractivity contribution in [2.75, 3.05) is 13.6 Å². The van der Waals surface area contributed by atoms with Crippen molar-refractivity contribution in [1.29, 1.82) is 0 Å². The molecule has 0 spiro atoms. The Morgan fingerprint density at radius 1 is 1.38 bits per heavy atom. The summed E-state index contributed by atoms with van der Waals surface area (Å²) in [7, 11) is -1.66. The van der Waals surface area contributed by atoms with E-state index in [-0.39, 0.29) is 5.03 Å². The van der Waals surface area contributed by atoms with Gasteiger partial charge in [0.15, 0.2) is 5.03 Å². The minimum atomic E-state index is -3.51. The molecule has 21 heavy (non-hydrogen) atoms. The number of nitrogens with zero attached hydrogens (tertiary/aromatic N) is 2. The smallest absolute Gasteiger partial charge is 0.260 e. The maximum Gasteiger partial charge on any atom is 0.260 e. The van der Waals surface area contributed by atoms with Crippen LogP contribution in [0.3, 0.4) is 0 Å². The highest BCUT2D eigenvalue weighted by atomic mass is 32.2. The van der Waals surface area contributed by atoms with E-state index in [2.05, 4.69) is 10.3 Å². The summed E-state index contributed by atoms with van der Waals surface area (Å²) in [4.78, 5) is 5.41. The first-order chi connectivity index (χ1) is 10.1. The maximum atomic E-state index is 12.6. The zero-order valence-corrected chi connectivity index (χ0v) is 13.4. The average molecular weight is 323 g/mol. The van der Waals surface area contributed by atoms with Crippen LogP contribution in [0.4, 0.5) is 0 Å². The molecule has 1 aliphatic heterocycles. The Kier molecular flexibility index (Phi) is 4.08. The second-order valence-electron chi connectivity index (χ2n) is 4.99. The molecule has 0 bridgehead atoms. The molecule has 5 nitrogen and oxygen atoms in total. The van der Waals surface area contributed by atoms with Gasteiger partial charge in [-0.1, -0.05) is 6.07 Å². The minimum Gasteiger partial charge on any atom is -0.316 e. The van der Waals surface area contributed by atoms with Crippen LogP contribution in [0.25, 0.3) is 0 Å². The van der Waals surface area contributed by atoms with Crippen molar-refractivity contribution in [3.63, 3.8) is 0 Å². The molecule has 0 unspecified atom stereocenters. The van der Waals surface area contributed by atoms with Crippen molar-refractivity contribution >= 4 is 21.4 Å². The molecular formula is C14H17N3O2S2. The SMILES string of the molecule is CNCc1ccc(S(=O)(=O)N2CCc3sccc3C2)nc1. The number of hydrogen-bond acceptors (Lipinski definition) is 5. The number of pyridine rings is 1. The lowest BCUT2D eigenvalue weighted by atomic mass is 10.1. The van der Waals surface area contributed by atoms with Crippen molar-refractivity contribution in [1.82, 2.24) is 14.6 Å². The van der Waals surface area contributed by atoms with Gasteiger partial charge in [0, 0.05) is 30.7 Å². The van der Waals surface area contributed by atoms with E-state index >= 15 is 0 Å². The summed E-state index contributed by atoms with van der Waals surface area (Å²) >= 11 is 1.70. The zero-order chi connectivity index (χ0) is 14.9. The van der Waals surface area contributed by atoms with Gasteiger partial charge < -0.3 is 5.32 Å². The number of rotatable bonds is 4. The summed E-state index contributed by atoms with van der Waals surface area (Å²) in [5, 5.41) is 5.16. The topological polar surface area (TPSA) is 62.3 Å². The molecule has 112 valence electrons. The lowest BCUT2D eigenvalue weighted by Crippen LogP contribution is -2.35. The fraction of sp³-hybridized carbons (Fsp3) is 0.357. The molecule has 0 atom stereocenters. The van der Waals surface area contributed by atoms with Gasteiger partial charge in [-0.15, -0.1) is 11.3 Å². The molecule has 0 fully saturated rings. The van der Waals surface area contributed by atoms with Crippen molar-refractivity contribution < 1.29 is 8.42 Å². The molecule has 1 N–H and O–H groups in total. The third-order valence-electron chi connectivity index (χ3n) is 3.56. The number of hydrogen-bond donors (Lipinski definition) is 1. The molecule has 2 aromatic heterocycles. The summed E-state index contributed by atoms with van der Waals surface area (Å²) in [6, 6.07) is 5.40. The lowest BCUT2D eigenvalue weighted by Gasteiger charge is -2.25. The van der Waals surface area contributed by atoms with Crippen LogP contribution in [-0.4, -0.2) is 31.3 Å². The molecule has 0 amide bonds. The Morgan fingerprint density at radius 3 is 2.95 bits per heavy atom. The van der Waals surface area contributed by atoms with E-state index in [1.807, 2.05) is 18.5 Å². The number of fused-ring (bicyclic) bond motifs is 1. The highest BCUT2D eigenvalue weighted by Crippen LogP contribution is 2.27. The van der Waals surface area contributed by atoms with E-state index in [0.29, 0.717) is 19.6 Å². The number of nitrogens with one attached hydrogen (secondary N) is 1. The summed E-state index contributed by atoms with van der Waals surface area (Å²) in [5.41, 5.74) is 2.08. The van der Waals surface area contributed by atoms with Crippen molar-refractivity contribution in [3.05, 3.63) is 45.8 Å². The normalized spacial score (nSPS) is 15.9. The van der Waals surface area contributed by atoms with E-state index in [9.17, 15) is 8.42 Å². The van der Waals surface area contributed by atoms with Crippen molar-refractivity contribution in [3.8, 4) is 0 Å². The Morgan fingerprint density at radius 2 is 2.24 bits per heavy atom. The quantitative estimate of drug-likeness (QED) is 0.928. The monoisotopic (exact) mass is 323 g/mol. The summed E-state index contributed by atoms with van der Waals surface area (Å²) in [6.07, 6.45) is 2.40. The Balaban J connectivity index is 1.84. The number of sulfonamides is 1. The molecule has 0 saturated heterocycles. The molecule has 2 aromatic rings. The van der Waals surface area contributed by atoms with Crippen LogP contribution in [0, 0.1) is 0 Å². The highest BCUT2D eigenvalue weighted by Gasteiger charge is 2.29. The van der Waals surface area contributed by atoms with Gasteiger partial charge in [-0.2, -0.15) is 4.31 Å². The third kappa shape index (κ3) is 2.87. The molecule has 3 heterocycles. The van der Waals surface area contributed by atoms with E-state index < -0.39 is 10.0 Å². The van der Waals surface area contributed by atoms with Gasteiger partial charge in [0.25, 0.3) is 10.0 Å². The Hall–Kier alpha value is -1.28. The van der Waals surface area contributed by atoms with Crippen LogP contribution in [0.15, 0.2) is 34.8 Å². The van der Waals surface area contributed by atoms with E-state index in [4.69, 9.17) is 0 Å². The van der Waals surface area contributed by atoms with Gasteiger partial charge in [-0.05, 0) is 42.1 Å². The number of aromatic nitrogens is 1. The average Bonchev–Trinajstić information content (AvgIpc) is 2.95. The van der Waals surface area contributed by atoms with Crippen molar-refractivity contribution in [2.24, 2.45) is 0 Å². The van der Waals surface area contributed by atoms with Gasteiger partial charge in [0.05, 0.1) is 0 Å². The van der Waals surface area contributed by atoms with Gasteiger partial charge >= 0.3 is 0 Å². The van der Waals surface area contributed by atoms with E-state index in [1.165, 1.54) is 9.18 Å². The molecular weight excluding hydrogens is 306 g/mol.